The van der Waals surface area contributed by atoms with Crippen LogP contribution in [-0.4, -0.2) is 33.5 Å². The Hall–Kier alpha value is -2.38. The maximum Gasteiger partial charge on any atom is 0.258 e. The monoisotopic (exact) mass is 416 g/mol. The van der Waals surface area contributed by atoms with Crippen LogP contribution in [0.2, 0.25) is 0 Å². The molecular weight excluding hydrogens is 388 g/mol. The molecule has 1 amide bonds. The Labute approximate surface area is 172 Å². The molecule has 1 fully saturated rings. The number of carbonyl (C=O) groups excluding carboxylic acids is 1. The van der Waals surface area contributed by atoms with Gasteiger partial charge in [0.25, 0.3) is 5.91 Å². The van der Waals surface area contributed by atoms with Crippen LogP contribution in [0.4, 0.5) is 0 Å². The van der Waals surface area contributed by atoms with E-state index in [2.05, 4.69) is 10.0 Å². The first-order chi connectivity index (χ1) is 14.0. The van der Waals surface area contributed by atoms with Gasteiger partial charge < -0.3 is 10.1 Å². The zero-order valence-electron chi connectivity index (χ0n) is 16.5. The van der Waals surface area contributed by atoms with E-state index in [0.29, 0.717) is 18.7 Å². The van der Waals surface area contributed by atoms with Crippen LogP contribution in [0.25, 0.3) is 0 Å². The fraction of sp³-hybridized carbons (Fsp3) is 0.409. The molecule has 0 aliphatic heterocycles. The topological polar surface area (TPSA) is 84.5 Å². The van der Waals surface area contributed by atoms with E-state index in [1.165, 1.54) is 18.6 Å². The van der Waals surface area contributed by atoms with Gasteiger partial charge in [-0.15, -0.1) is 0 Å². The van der Waals surface area contributed by atoms with E-state index in [1.54, 1.807) is 12.1 Å². The minimum atomic E-state index is -3.58. The zero-order chi connectivity index (χ0) is 20.5. The molecule has 2 N–H and O–H groups in total. The van der Waals surface area contributed by atoms with Crippen molar-refractivity contribution < 1.29 is 17.9 Å². The first kappa shape index (κ1) is 21.3. The van der Waals surface area contributed by atoms with Crippen LogP contribution >= 0.6 is 0 Å². The molecule has 0 heterocycles. The summed E-state index contributed by atoms with van der Waals surface area (Å²) >= 11 is 0. The predicted octanol–water partition coefficient (Wildman–Crippen LogP) is 3.04. The van der Waals surface area contributed by atoms with Crippen LogP contribution in [0.3, 0.4) is 0 Å². The molecule has 1 aliphatic rings. The lowest BCUT2D eigenvalue weighted by atomic mass is 9.95. The summed E-state index contributed by atoms with van der Waals surface area (Å²) in [6.45, 7) is 0.254. The molecule has 29 heavy (non-hydrogen) atoms. The molecule has 0 saturated heterocycles. The molecule has 0 spiro atoms. The second kappa shape index (κ2) is 10.4. The lowest BCUT2D eigenvalue weighted by molar-refractivity contribution is -0.124. The molecule has 2 aromatic carbocycles. The van der Waals surface area contributed by atoms with Crippen molar-refractivity contribution in [3.8, 4) is 5.75 Å². The molecule has 1 saturated carbocycles. The van der Waals surface area contributed by atoms with Gasteiger partial charge >= 0.3 is 0 Å². The summed E-state index contributed by atoms with van der Waals surface area (Å²) in [4.78, 5) is 12.2. The highest BCUT2D eigenvalue weighted by atomic mass is 32.2. The minimum Gasteiger partial charge on any atom is -0.484 e. The Morgan fingerprint density at radius 2 is 1.66 bits per heavy atom. The summed E-state index contributed by atoms with van der Waals surface area (Å²) < 4.78 is 32.9. The highest BCUT2D eigenvalue weighted by molar-refractivity contribution is 7.89. The standard InChI is InChI=1S/C22H28N2O4S/c25-22(24-19-9-5-2-6-10-19)17-28-20-11-13-21(14-12-20)29(26,27)23-16-15-18-7-3-1-4-8-18/h1,3-4,7-8,11-14,19,23H,2,5-6,9-10,15-17H2,(H,24,25). The van der Waals surface area contributed by atoms with Gasteiger partial charge in [-0.2, -0.15) is 0 Å². The molecule has 6 nitrogen and oxygen atoms in total. The van der Waals surface area contributed by atoms with Gasteiger partial charge in [0.2, 0.25) is 10.0 Å². The minimum absolute atomic E-state index is 0.0715. The zero-order valence-corrected chi connectivity index (χ0v) is 17.3. The first-order valence-corrected chi connectivity index (χ1v) is 11.6. The van der Waals surface area contributed by atoms with E-state index in [0.717, 1.165) is 31.2 Å². The van der Waals surface area contributed by atoms with E-state index < -0.39 is 10.0 Å². The maximum absolute atomic E-state index is 12.4. The van der Waals surface area contributed by atoms with Crippen molar-refractivity contribution in [1.82, 2.24) is 10.0 Å². The van der Waals surface area contributed by atoms with Gasteiger partial charge in [0, 0.05) is 12.6 Å². The summed E-state index contributed by atoms with van der Waals surface area (Å²) in [5, 5.41) is 2.99. The second-order valence-corrected chi connectivity index (χ2v) is 9.06. The Kier molecular flexibility index (Phi) is 7.66. The van der Waals surface area contributed by atoms with E-state index in [1.807, 2.05) is 30.3 Å². The Balaban J connectivity index is 1.45. The fourth-order valence-corrected chi connectivity index (χ4v) is 4.47. The van der Waals surface area contributed by atoms with Gasteiger partial charge in [-0.1, -0.05) is 49.6 Å². The van der Waals surface area contributed by atoms with Gasteiger partial charge in [-0.05, 0) is 49.1 Å². The van der Waals surface area contributed by atoms with Crippen molar-refractivity contribution >= 4 is 15.9 Å². The third kappa shape index (κ3) is 6.87. The van der Waals surface area contributed by atoms with E-state index >= 15 is 0 Å². The van der Waals surface area contributed by atoms with Crippen molar-refractivity contribution in [2.45, 2.75) is 49.5 Å². The average molecular weight is 417 g/mol. The van der Waals surface area contributed by atoms with Crippen LogP contribution in [0.15, 0.2) is 59.5 Å². The maximum atomic E-state index is 12.4. The highest BCUT2D eigenvalue weighted by Crippen LogP contribution is 2.18. The summed E-state index contributed by atoms with van der Waals surface area (Å²) in [5.41, 5.74) is 1.07. The lowest BCUT2D eigenvalue weighted by Crippen LogP contribution is -2.38. The van der Waals surface area contributed by atoms with Crippen LogP contribution in [0, 0.1) is 0 Å². The van der Waals surface area contributed by atoms with E-state index in [9.17, 15) is 13.2 Å². The molecule has 3 rings (SSSR count). The number of hydrogen-bond donors (Lipinski definition) is 2. The van der Waals surface area contributed by atoms with Gasteiger partial charge in [0.05, 0.1) is 4.90 Å². The lowest BCUT2D eigenvalue weighted by Gasteiger charge is -2.22. The third-order valence-electron chi connectivity index (χ3n) is 5.02. The summed E-state index contributed by atoms with van der Waals surface area (Å²) in [6, 6.07) is 16.1. The van der Waals surface area contributed by atoms with E-state index in [4.69, 9.17) is 4.74 Å². The van der Waals surface area contributed by atoms with Gasteiger partial charge in [0.1, 0.15) is 5.75 Å². The Morgan fingerprint density at radius 1 is 0.966 bits per heavy atom. The summed E-state index contributed by atoms with van der Waals surface area (Å²) in [6.07, 6.45) is 6.21. The van der Waals surface area contributed by atoms with Crippen molar-refractivity contribution in [3.05, 3.63) is 60.2 Å². The number of sulfonamides is 1. The molecule has 2 aromatic rings. The number of nitrogens with one attached hydrogen (secondary N) is 2. The fourth-order valence-electron chi connectivity index (χ4n) is 3.44. The summed E-state index contributed by atoms with van der Waals surface area (Å²) in [5.74, 6) is 0.322. The molecule has 0 unspecified atom stereocenters. The molecule has 0 bridgehead atoms. The van der Waals surface area contributed by atoms with Crippen LogP contribution in [-0.2, 0) is 21.2 Å². The number of hydrogen-bond acceptors (Lipinski definition) is 4. The molecular formula is C22H28N2O4S. The third-order valence-corrected chi connectivity index (χ3v) is 6.50. The van der Waals surface area contributed by atoms with E-state index in [-0.39, 0.29) is 23.5 Å². The molecule has 156 valence electrons. The van der Waals surface area contributed by atoms with Crippen LogP contribution in [0.1, 0.15) is 37.7 Å². The van der Waals surface area contributed by atoms with Crippen LogP contribution < -0.4 is 14.8 Å². The first-order valence-electron chi connectivity index (χ1n) is 10.1. The largest absolute Gasteiger partial charge is 0.484 e. The molecule has 7 heteroatoms. The number of benzene rings is 2. The van der Waals surface area contributed by atoms with Crippen LogP contribution in [0.5, 0.6) is 5.75 Å². The highest BCUT2D eigenvalue weighted by Gasteiger charge is 2.16. The Bertz CT molecular complexity index is 877. The smallest absolute Gasteiger partial charge is 0.258 e. The molecule has 0 radical (unpaired) electrons. The summed E-state index contributed by atoms with van der Waals surface area (Å²) in [7, 11) is -3.58. The Morgan fingerprint density at radius 3 is 2.34 bits per heavy atom. The molecule has 1 aliphatic carbocycles. The normalized spacial score (nSPS) is 15.0. The second-order valence-electron chi connectivity index (χ2n) is 7.30. The average Bonchev–Trinajstić information content (AvgIpc) is 2.74. The number of carbonyl (C=O) groups is 1. The van der Waals surface area contributed by atoms with Crippen molar-refractivity contribution in [2.75, 3.05) is 13.2 Å². The number of amides is 1. The number of rotatable bonds is 9. The quantitative estimate of drug-likeness (QED) is 0.658. The van der Waals surface area contributed by atoms with Gasteiger partial charge in [-0.25, -0.2) is 13.1 Å². The van der Waals surface area contributed by atoms with Gasteiger partial charge in [0.15, 0.2) is 6.61 Å². The SMILES string of the molecule is O=C(COc1ccc(S(=O)(=O)NCCc2ccccc2)cc1)NC1CCCCC1. The van der Waals surface area contributed by atoms with Crippen molar-refractivity contribution in [2.24, 2.45) is 0 Å². The molecule has 0 aromatic heterocycles. The predicted molar refractivity (Wildman–Crippen MR) is 112 cm³/mol. The van der Waals surface area contributed by atoms with Crippen molar-refractivity contribution in [3.63, 3.8) is 0 Å². The number of ether oxygens (including phenoxy) is 1. The molecule has 0 atom stereocenters. The van der Waals surface area contributed by atoms with Crippen molar-refractivity contribution in [1.29, 1.82) is 0 Å². The van der Waals surface area contributed by atoms with Gasteiger partial charge in [-0.3, -0.25) is 4.79 Å².